The molecule has 0 fully saturated rings. The highest BCUT2D eigenvalue weighted by Crippen LogP contribution is 2.32. The lowest BCUT2D eigenvalue weighted by Crippen LogP contribution is -1.86. The fourth-order valence-electron chi connectivity index (χ4n) is 2.46. The first-order chi connectivity index (χ1) is 9.74. The van der Waals surface area contributed by atoms with Crippen molar-refractivity contribution < 1.29 is 0 Å². The van der Waals surface area contributed by atoms with E-state index < -0.39 is 0 Å². The predicted molar refractivity (Wildman–Crippen MR) is 94.8 cm³/mol. The minimum atomic E-state index is 1.26. The lowest BCUT2D eigenvalue weighted by molar-refractivity contribution is 1.46. The van der Waals surface area contributed by atoms with Crippen molar-refractivity contribution in [3.63, 3.8) is 0 Å². The fourth-order valence-corrected chi connectivity index (χ4v) is 3.00. The predicted octanol–water partition coefficient (Wildman–Crippen LogP) is 5.93. The number of hydrogen-bond donors (Lipinski definition) is 0. The van der Waals surface area contributed by atoms with E-state index >= 15 is 0 Å². The van der Waals surface area contributed by atoms with Crippen LogP contribution in [0.15, 0.2) is 72.8 Å². The van der Waals surface area contributed by atoms with Crippen LogP contribution in [0.3, 0.4) is 0 Å². The molecule has 0 nitrogen and oxygen atoms in total. The highest BCUT2D eigenvalue weighted by atomic mass is 127. The van der Waals surface area contributed by atoms with Crippen LogP contribution in [0.2, 0.25) is 0 Å². The van der Waals surface area contributed by atoms with E-state index in [4.69, 9.17) is 0 Å². The molecule has 0 unspecified atom stereocenters. The summed E-state index contributed by atoms with van der Waals surface area (Å²) in [5.74, 6) is 0. The lowest BCUT2D eigenvalue weighted by atomic mass is 9.94. The van der Waals surface area contributed by atoms with Crippen LogP contribution < -0.4 is 0 Å². The minimum Gasteiger partial charge on any atom is -0.0616 e. The van der Waals surface area contributed by atoms with Gasteiger partial charge in [0.25, 0.3) is 0 Å². The van der Waals surface area contributed by atoms with Gasteiger partial charge in [0.2, 0.25) is 0 Å². The first kappa shape index (κ1) is 13.4. The molecule has 0 amide bonds. The highest BCUT2D eigenvalue weighted by molar-refractivity contribution is 14.1. The summed E-state index contributed by atoms with van der Waals surface area (Å²) < 4.78 is 1.26. The maximum absolute atomic E-state index is 2.36. The summed E-state index contributed by atoms with van der Waals surface area (Å²) in [5.41, 5.74) is 6.42. The molecule has 0 heterocycles. The van der Waals surface area contributed by atoms with E-state index in [2.05, 4.69) is 102 Å². The first-order valence-corrected chi connectivity index (χ1v) is 7.74. The Morgan fingerprint density at radius 2 is 1.25 bits per heavy atom. The Morgan fingerprint density at radius 1 is 0.650 bits per heavy atom. The van der Waals surface area contributed by atoms with Crippen molar-refractivity contribution in [1.82, 2.24) is 0 Å². The number of halogens is 1. The van der Waals surface area contributed by atoms with Gasteiger partial charge >= 0.3 is 0 Å². The molecule has 0 aliphatic carbocycles. The molecule has 0 saturated heterocycles. The maximum atomic E-state index is 2.36. The summed E-state index contributed by atoms with van der Waals surface area (Å²) in [6, 6.07) is 25.9. The Morgan fingerprint density at radius 3 is 1.85 bits per heavy atom. The maximum Gasteiger partial charge on any atom is 0.0136 e. The Hall–Kier alpha value is -1.61. The molecule has 0 N–H and O–H groups in total. The molecule has 3 aromatic carbocycles. The molecule has 0 atom stereocenters. The first-order valence-electron chi connectivity index (χ1n) is 6.66. The third-order valence-corrected chi connectivity index (χ3v) is 4.06. The molecule has 0 radical (unpaired) electrons. The summed E-state index contributed by atoms with van der Waals surface area (Å²) in [4.78, 5) is 0. The van der Waals surface area contributed by atoms with Crippen molar-refractivity contribution in [2.75, 3.05) is 0 Å². The van der Waals surface area contributed by atoms with Gasteiger partial charge in [-0.25, -0.2) is 0 Å². The SMILES string of the molecule is Cc1cccc(-c2ccccc2-c2cccc(I)c2)c1. The molecule has 0 aliphatic heterocycles. The standard InChI is InChI=1S/C19H15I/c1-14-6-4-7-15(12-14)18-10-2-3-11-19(18)16-8-5-9-17(20)13-16/h2-13H,1H3. The van der Waals surface area contributed by atoms with E-state index in [1.165, 1.54) is 31.4 Å². The van der Waals surface area contributed by atoms with Gasteiger partial charge in [-0.3, -0.25) is 0 Å². The molecule has 0 spiro atoms. The third kappa shape index (κ3) is 2.78. The number of hydrogen-bond acceptors (Lipinski definition) is 0. The van der Waals surface area contributed by atoms with Gasteiger partial charge in [0.1, 0.15) is 0 Å². The quantitative estimate of drug-likeness (QED) is 0.490. The monoisotopic (exact) mass is 370 g/mol. The van der Waals surface area contributed by atoms with Crippen molar-refractivity contribution in [2.24, 2.45) is 0 Å². The van der Waals surface area contributed by atoms with Gasteiger partial charge in [-0.05, 0) is 63.9 Å². The van der Waals surface area contributed by atoms with E-state index in [9.17, 15) is 0 Å². The minimum absolute atomic E-state index is 1.26. The fraction of sp³-hybridized carbons (Fsp3) is 0.0526. The van der Waals surface area contributed by atoms with E-state index in [1.807, 2.05) is 0 Å². The van der Waals surface area contributed by atoms with Crippen LogP contribution in [0.4, 0.5) is 0 Å². The number of rotatable bonds is 2. The van der Waals surface area contributed by atoms with Crippen molar-refractivity contribution >= 4 is 22.6 Å². The molecule has 3 aromatic rings. The summed E-state index contributed by atoms with van der Waals surface area (Å²) in [5, 5.41) is 0. The summed E-state index contributed by atoms with van der Waals surface area (Å²) in [7, 11) is 0. The molecule has 1 heteroatoms. The topological polar surface area (TPSA) is 0 Å². The van der Waals surface area contributed by atoms with Gasteiger partial charge in [0.15, 0.2) is 0 Å². The molecular formula is C19H15I. The third-order valence-electron chi connectivity index (χ3n) is 3.39. The number of aryl methyl sites for hydroxylation is 1. The summed E-state index contributed by atoms with van der Waals surface area (Å²) >= 11 is 2.36. The van der Waals surface area contributed by atoms with Crippen LogP contribution in [-0.2, 0) is 0 Å². The Bertz CT molecular complexity index is 680. The zero-order valence-corrected chi connectivity index (χ0v) is 13.5. The van der Waals surface area contributed by atoms with Crippen LogP contribution in [-0.4, -0.2) is 0 Å². The highest BCUT2D eigenvalue weighted by Gasteiger charge is 2.07. The zero-order chi connectivity index (χ0) is 13.9. The Labute approximate surface area is 133 Å². The van der Waals surface area contributed by atoms with Gasteiger partial charge in [0, 0.05) is 3.57 Å². The van der Waals surface area contributed by atoms with E-state index in [0.29, 0.717) is 0 Å². The Kier molecular flexibility index (Phi) is 3.88. The molecule has 20 heavy (non-hydrogen) atoms. The Balaban J connectivity index is 2.18. The van der Waals surface area contributed by atoms with Crippen LogP contribution in [0.5, 0.6) is 0 Å². The molecule has 0 aromatic heterocycles. The lowest BCUT2D eigenvalue weighted by Gasteiger charge is -2.11. The molecular weight excluding hydrogens is 355 g/mol. The second kappa shape index (κ2) is 5.80. The van der Waals surface area contributed by atoms with Crippen LogP contribution >= 0.6 is 22.6 Å². The second-order valence-electron chi connectivity index (χ2n) is 4.93. The van der Waals surface area contributed by atoms with Crippen molar-refractivity contribution in [3.8, 4) is 22.3 Å². The van der Waals surface area contributed by atoms with Gasteiger partial charge in [0.05, 0.1) is 0 Å². The van der Waals surface area contributed by atoms with Crippen LogP contribution in [0, 0.1) is 10.5 Å². The smallest absolute Gasteiger partial charge is 0.0136 e. The van der Waals surface area contributed by atoms with Gasteiger partial charge in [-0.2, -0.15) is 0 Å². The van der Waals surface area contributed by atoms with Gasteiger partial charge in [-0.1, -0.05) is 66.2 Å². The van der Waals surface area contributed by atoms with Crippen molar-refractivity contribution in [2.45, 2.75) is 6.92 Å². The zero-order valence-electron chi connectivity index (χ0n) is 11.3. The van der Waals surface area contributed by atoms with Crippen LogP contribution in [0.1, 0.15) is 5.56 Å². The second-order valence-corrected chi connectivity index (χ2v) is 6.17. The van der Waals surface area contributed by atoms with Gasteiger partial charge < -0.3 is 0 Å². The molecule has 0 saturated carbocycles. The average molecular weight is 370 g/mol. The number of benzene rings is 3. The van der Waals surface area contributed by atoms with E-state index in [-0.39, 0.29) is 0 Å². The van der Waals surface area contributed by atoms with Crippen molar-refractivity contribution in [3.05, 3.63) is 81.9 Å². The normalized spacial score (nSPS) is 10.5. The molecule has 0 bridgehead atoms. The average Bonchev–Trinajstić information content (AvgIpc) is 2.47. The van der Waals surface area contributed by atoms with E-state index in [1.54, 1.807) is 0 Å². The summed E-state index contributed by atoms with van der Waals surface area (Å²) in [6.07, 6.45) is 0. The molecule has 3 rings (SSSR count). The summed E-state index contributed by atoms with van der Waals surface area (Å²) in [6.45, 7) is 2.14. The molecule has 0 aliphatic rings. The van der Waals surface area contributed by atoms with Gasteiger partial charge in [-0.15, -0.1) is 0 Å². The van der Waals surface area contributed by atoms with E-state index in [0.717, 1.165) is 0 Å². The van der Waals surface area contributed by atoms with Crippen LogP contribution in [0.25, 0.3) is 22.3 Å². The largest absolute Gasteiger partial charge is 0.0616 e. The van der Waals surface area contributed by atoms with Crippen molar-refractivity contribution in [1.29, 1.82) is 0 Å². The molecule has 98 valence electrons.